The lowest BCUT2D eigenvalue weighted by atomic mass is 10.0. The fourth-order valence-electron chi connectivity index (χ4n) is 2.46. The number of amides is 1. The summed E-state index contributed by atoms with van der Waals surface area (Å²) < 4.78 is 10.4. The SMILES string of the molecule is COc1ccc(-c2cc(CNC(=O)[C@H]3CC(C(C)C)=NO3)on2)cc1. The molecule has 7 nitrogen and oxygen atoms in total. The van der Waals surface area contributed by atoms with E-state index in [9.17, 15) is 4.79 Å². The molecule has 2 aromatic rings. The molecule has 7 heteroatoms. The number of oxime groups is 1. The summed E-state index contributed by atoms with van der Waals surface area (Å²) in [5, 5.41) is 10.8. The number of ether oxygens (including phenoxy) is 1. The Morgan fingerprint density at radius 2 is 2.12 bits per heavy atom. The largest absolute Gasteiger partial charge is 0.497 e. The molecule has 0 radical (unpaired) electrons. The third-order valence-electron chi connectivity index (χ3n) is 4.03. The Kier molecular flexibility index (Phi) is 5.02. The van der Waals surface area contributed by atoms with Gasteiger partial charge in [0.2, 0.25) is 6.10 Å². The van der Waals surface area contributed by atoms with Crippen molar-refractivity contribution < 1.29 is 18.9 Å². The van der Waals surface area contributed by atoms with Crippen molar-refractivity contribution in [2.45, 2.75) is 32.9 Å². The van der Waals surface area contributed by atoms with E-state index >= 15 is 0 Å². The first kappa shape index (κ1) is 17.0. The summed E-state index contributed by atoms with van der Waals surface area (Å²) in [6, 6.07) is 9.31. The van der Waals surface area contributed by atoms with Crippen molar-refractivity contribution in [2.75, 3.05) is 7.11 Å². The quantitative estimate of drug-likeness (QED) is 0.871. The molecule has 0 saturated carbocycles. The summed E-state index contributed by atoms with van der Waals surface area (Å²) >= 11 is 0. The van der Waals surface area contributed by atoms with Crippen molar-refractivity contribution >= 4 is 11.6 Å². The van der Waals surface area contributed by atoms with E-state index in [1.54, 1.807) is 13.2 Å². The molecule has 0 aliphatic carbocycles. The first-order valence-electron chi connectivity index (χ1n) is 8.17. The van der Waals surface area contributed by atoms with E-state index < -0.39 is 6.10 Å². The van der Waals surface area contributed by atoms with Gasteiger partial charge in [0.05, 0.1) is 19.4 Å². The molecule has 3 rings (SSSR count). The van der Waals surface area contributed by atoms with E-state index in [4.69, 9.17) is 14.1 Å². The molecule has 1 aromatic heterocycles. The van der Waals surface area contributed by atoms with Gasteiger partial charge >= 0.3 is 0 Å². The maximum atomic E-state index is 12.1. The second kappa shape index (κ2) is 7.38. The molecule has 1 amide bonds. The maximum absolute atomic E-state index is 12.1. The molecule has 1 aliphatic rings. The zero-order chi connectivity index (χ0) is 17.8. The number of rotatable bonds is 6. The van der Waals surface area contributed by atoms with Gasteiger partial charge < -0.3 is 19.4 Å². The zero-order valence-corrected chi connectivity index (χ0v) is 14.5. The van der Waals surface area contributed by atoms with Crippen LogP contribution in [0.15, 0.2) is 40.0 Å². The first-order chi connectivity index (χ1) is 12.1. The molecule has 1 N–H and O–H groups in total. The van der Waals surface area contributed by atoms with Gasteiger partial charge in [-0.1, -0.05) is 24.2 Å². The van der Waals surface area contributed by atoms with Crippen LogP contribution in [-0.2, 0) is 16.2 Å². The van der Waals surface area contributed by atoms with Gasteiger partial charge in [0.15, 0.2) is 5.76 Å². The Balaban J connectivity index is 1.54. The monoisotopic (exact) mass is 343 g/mol. The standard InChI is InChI=1S/C18H21N3O4/c1-11(2)15-9-17(25-20-15)18(22)19-10-14-8-16(21-24-14)12-4-6-13(23-3)7-5-12/h4-8,11,17H,9-10H2,1-3H3,(H,19,22)/t17-/m1/s1. The summed E-state index contributed by atoms with van der Waals surface area (Å²) in [5.74, 6) is 1.42. The fourth-order valence-corrected chi connectivity index (χ4v) is 2.46. The van der Waals surface area contributed by atoms with Crippen LogP contribution < -0.4 is 10.1 Å². The molecule has 0 saturated heterocycles. The smallest absolute Gasteiger partial charge is 0.264 e. The highest BCUT2D eigenvalue weighted by molar-refractivity contribution is 5.93. The molecule has 2 heterocycles. The highest BCUT2D eigenvalue weighted by Gasteiger charge is 2.29. The van der Waals surface area contributed by atoms with Crippen molar-refractivity contribution in [2.24, 2.45) is 11.1 Å². The van der Waals surface area contributed by atoms with Crippen molar-refractivity contribution in [3.05, 3.63) is 36.1 Å². The van der Waals surface area contributed by atoms with Crippen LogP contribution in [0.1, 0.15) is 26.0 Å². The summed E-state index contributed by atoms with van der Waals surface area (Å²) in [7, 11) is 1.62. The van der Waals surface area contributed by atoms with Gasteiger partial charge in [-0.05, 0) is 30.2 Å². The predicted molar refractivity (Wildman–Crippen MR) is 92.1 cm³/mol. The van der Waals surface area contributed by atoms with E-state index in [-0.39, 0.29) is 18.4 Å². The molecule has 0 spiro atoms. The van der Waals surface area contributed by atoms with E-state index in [1.807, 2.05) is 38.1 Å². The lowest BCUT2D eigenvalue weighted by Crippen LogP contribution is -2.34. The minimum Gasteiger partial charge on any atom is -0.497 e. The number of aromatic nitrogens is 1. The van der Waals surface area contributed by atoms with Crippen molar-refractivity contribution in [1.82, 2.24) is 10.5 Å². The molecule has 1 aromatic carbocycles. The Bertz CT molecular complexity index is 765. The number of methoxy groups -OCH3 is 1. The summed E-state index contributed by atoms with van der Waals surface area (Å²) in [4.78, 5) is 17.3. The van der Waals surface area contributed by atoms with Crippen molar-refractivity contribution in [3.63, 3.8) is 0 Å². The average Bonchev–Trinajstić information content (AvgIpc) is 3.29. The minimum atomic E-state index is -0.568. The highest BCUT2D eigenvalue weighted by atomic mass is 16.6. The minimum absolute atomic E-state index is 0.207. The molecule has 1 aliphatic heterocycles. The Morgan fingerprint density at radius 1 is 1.36 bits per heavy atom. The maximum Gasteiger partial charge on any atom is 0.264 e. The number of hydrogen-bond acceptors (Lipinski definition) is 6. The molecular weight excluding hydrogens is 322 g/mol. The van der Waals surface area contributed by atoms with Crippen LogP contribution in [0.3, 0.4) is 0 Å². The number of carbonyl (C=O) groups is 1. The van der Waals surface area contributed by atoms with Crippen LogP contribution in [-0.4, -0.2) is 30.0 Å². The van der Waals surface area contributed by atoms with Gasteiger partial charge in [-0.15, -0.1) is 0 Å². The van der Waals surface area contributed by atoms with Gasteiger partial charge in [0.1, 0.15) is 11.4 Å². The van der Waals surface area contributed by atoms with Crippen LogP contribution in [0, 0.1) is 5.92 Å². The first-order valence-corrected chi connectivity index (χ1v) is 8.17. The van der Waals surface area contributed by atoms with E-state index in [2.05, 4.69) is 15.6 Å². The summed E-state index contributed by atoms with van der Waals surface area (Å²) in [5.41, 5.74) is 2.52. The molecule has 1 atom stereocenters. The number of hydrogen-bond donors (Lipinski definition) is 1. The van der Waals surface area contributed by atoms with Crippen LogP contribution in [0.25, 0.3) is 11.3 Å². The third-order valence-corrected chi connectivity index (χ3v) is 4.03. The van der Waals surface area contributed by atoms with Gasteiger partial charge in [-0.2, -0.15) is 0 Å². The normalized spacial score (nSPS) is 16.5. The number of carbonyl (C=O) groups excluding carboxylic acids is 1. The second-order valence-electron chi connectivity index (χ2n) is 6.16. The summed E-state index contributed by atoms with van der Waals surface area (Å²) in [6.07, 6.45) is -0.0434. The van der Waals surface area contributed by atoms with E-state index in [0.717, 1.165) is 17.0 Å². The predicted octanol–water partition coefficient (Wildman–Crippen LogP) is 2.77. The fraction of sp³-hybridized carbons (Fsp3) is 0.389. The van der Waals surface area contributed by atoms with Crippen molar-refractivity contribution in [3.8, 4) is 17.0 Å². The van der Waals surface area contributed by atoms with Gasteiger partial charge in [0.25, 0.3) is 5.91 Å². The Labute approximate surface area is 146 Å². The number of nitrogens with one attached hydrogen (secondary N) is 1. The van der Waals surface area contributed by atoms with E-state index in [0.29, 0.717) is 17.9 Å². The number of benzene rings is 1. The Hall–Kier alpha value is -2.83. The zero-order valence-electron chi connectivity index (χ0n) is 14.5. The van der Waals surface area contributed by atoms with Crippen molar-refractivity contribution in [1.29, 1.82) is 0 Å². The lowest BCUT2D eigenvalue weighted by Gasteiger charge is -2.08. The van der Waals surface area contributed by atoms with Crippen LogP contribution in [0.4, 0.5) is 0 Å². The Morgan fingerprint density at radius 3 is 2.76 bits per heavy atom. The second-order valence-corrected chi connectivity index (χ2v) is 6.16. The number of nitrogens with zero attached hydrogens (tertiary/aromatic N) is 2. The van der Waals surface area contributed by atoms with Gasteiger partial charge in [0, 0.05) is 18.1 Å². The average molecular weight is 343 g/mol. The summed E-state index contributed by atoms with van der Waals surface area (Å²) in [6.45, 7) is 4.30. The molecule has 0 unspecified atom stereocenters. The highest BCUT2D eigenvalue weighted by Crippen LogP contribution is 2.22. The molecule has 0 fully saturated rings. The third kappa shape index (κ3) is 3.99. The van der Waals surface area contributed by atoms with Crippen LogP contribution in [0.5, 0.6) is 5.75 Å². The van der Waals surface area contributed by atoms with Gasteiger partial charge in [-0.3, -0.25) is 4.79 Å². The lowest BCUT2D eigenvalue weighted by molar-refractivity contribution is -0.131. The van der Waals surface area contributed by atoms with E-state index in [1.165, 1.54) is 0 Å². The molecular formula is C18H21N3O4. The van der Waals surface area contributed by atoms with Crippen LogP contribution >= 0.6 is 0 Å². The molecule has 25 heavy (non-hydrogen) atoms. The van der Waals surface area contributed by atoms with Crippen LogP contribution in [0.2, 0.25) is 0 Å². The molecule has 0 bridgehead atoms. The molecule has 132 valence electrons. The van der Waals surface area contributed by atoms with Gasteiger partial charge in [-0.25, -0.2) is 0 Å². The topological polar surface area (TPSA) is 86.0 Å².